The van der Waals surface area contributed by atoms with Gasteiger partial charge in [0.15, 0.2) is 6.39 Å². The van der Waals surface area contributed by atoms with E-state index in [-0.39, 0.29) is 12.2 Å². The molecule has 0 radical (unpaired) electrons. The SMILES string of the molecule is FC(F)(F)c1ccccc1NCc1cnco1. The molecule has 1 aromatic carbocycles. The van der Waals surface area contributed by atoms with Crippen LogP contribution in [0.5, 0.6) is 0 Å². The average molecular weight is 242 g/mol. The molecule has 6 heteroatoms. The summed E-state index contributed by atoms with van der Waals surface area (Å²) in [6.07, 6.45) is -1.69. The highest BCUT2D eigenvalue weighted by molar-refractivity contribution is 5.52. The molecule has 0 amide bonds. The smallest absolute Gasteiger partial charge is 0.418 e. The lowest BCUT2D eigenvalue weighted by molar-refractivity contribution is -0.137. The number of anilines is 1. The van der Waals surface area contributed by atoms with Crippen molar-refractivity contribution >= 4 is 5.69 Å². The van der Waals surface area contributed by atoms with Crippen molar-refractivity contribution in [2.24, 2.45) is 0 Å². The first-order chi connectivity index (χ1) is 8.07. The number of para-hydroxylation sites is 1. The third-order valence-corrected chi connectivity index (χ3v) is 2.17. The second-order valence-electron chi connectivity index (χ2n) is 3.36. The van der Waals surface area contributed by atoms with Gasteiger partial charge in [0, 0.05) is 5.69 Å². The molecule has 1 aromatic heterocycles. The molecular weight excluding hydrogens is 233 g/mol. The van der Waals surface area contributed by atoms with Gasteiger partial charge in [0.2, 0.25) is 0 Å². The lowest BCUT2D eigenvalue weighted by atomic mass is 10.1. The topological polar surface area (TPSA) is 38.1 Å². The Labute approximate surface area is 95.3 Å². The van der Waals surface area contributed by atoms with E-state index in [9.17, 15) is 13.2 Å². The number of alkyl halides is 3. The molecule has 90 valence electrons. The Balaban J connectivity index is 2.16. The van der Waals surface area contributed by atoms with Gasteiger partial charge in [-0.1, -0.05) is 12.1 Å². The Hall–Kier alpha value is -1.98. The van der Waals surface area contributed by atoms with Gasteiger partial charge in [-0.3, -0.25) is 0 Å². The molecule has 2 rings (SSSR count). The maximum atomic E-state index is 12.6. The Morgan fingerprint density at radius 3 is 2.65 bits per heavy atom. The molecular formula is C11H9F3N2O. The van der Waals surface area contributed by atoms with Gasteiger partial charge in [-0.15, -0.1) is 0 Å². The molecule has 0 aliphatic carbocycles. The minimum absolute atomic E-state index is 0.0244. The molecule has 0 atom stereocenters. The van der Waals surface area contributed by atoms with Crippen LogP contribution in [0.15, 0.2) is 41.3 Å². The number of nitrogens with zero attached hydrogens (tertiary/aromatic N) is 1. The Kier molecular flexibility index (Phi) is 3.03. The van der Waals surface area contributed by atoms with Crippen LogP contribution >= 0.6 is 0 Å². The Morgan fingerprint density at radius 1 is 1.24 bits per heavy atom. The lowest BCUT2D eigenvalue weighted by Crippen LogP contribution is -2.10. The number of benzene rings is 1. The highest BCUT2D eigenvalue weighted by atomic mass is 19.4. The molecule has 0 spiro atoms. The van der Waals surface area contributed by atoms with E-state index in [1.54, 1.807) is 0 Å². The van der Waals surface area contributed by atoms with Gasteiger partial charge in [0.1, 0.15) is 5.76 Å². The summed E-state index contributed by atoms with van der Waals surface area (Å²) in [7, 11) is 0. The van der Waals surface area contributed by atoms with Crippen LogP contribution in [-0.4, -0.2) is 4.98 Å². The molecule has 0 fully saturated rings. The van der Waals surface area contributed by atoms with Gasteiger partial charge in [-0.05, 0) is 12.1 Å². The van der Waals surface area contributed by atoms with Crippen molar-refractivity contribution in [3.05, 3.63) is 48.2 Å². The molecule has 0 saturated carbocycles. The molecule has 0 bridgehead atoms. The summed E-state index contributed by atoms with van der Waals surface area (Å²) >= 11 is 0. The minimum Gasteiger partial charge on any atom is -0.447 e. The van der Waals surface area contributed by atoms with Crippen LogP contribution in [0.1, 0.15) is 11.3 Å². The van der Waals surface area contributed by atoms with Gasteiger partial charge in [-0.25, -0.2) is 4.98 Å². The minimum atomic E-state index is -4.37. The van der Waals surface area contributed by atoms with E-state index in [4.69, 9.17) is 4.42 Å². The number of halogens is 3. The average Bonchev–Trinajstić information content (AvgIpc) is 2.78. The molecule has 3 nitrogen and oxygen atoms in total. The summed E-state index contributed by atoms with van der Waals surface area (Å²) in [6.45, 7) is 0.160. The third kappa shape index (κ3) is 2.77. The van der Waals surface area contributed by atoms with Crippen LogP contribution in [0.2, 0.25) is 0 Å². The van der Waals surface area contributed by atoms with Crippen LogP contribution in [0, 0.1) is 0 Å². The molecule has 2 aromatic rings. The van der Waals surface area contributed by atoms with Gasteiger partial charge < -0.3 is 9.73 Å². The molecule has 0 saturated heterocycles. The monoisotopic (exact) mass is 242 g/mol. The normalized spacial score (nSPS) is 11.5. The van der Waals surface area contributed by atoms with Crippen molar-refractivity contribution in [2.75, 3.05) is 5.32 Å². The fourth-order valence-electron chi connectivity index (χ4n) is 1.40. The van der Waals surface area contributed by atoms with Gasteiger partial charge >= 0.3 is 6.18 Å². The van der Waals surface area contributed by atoms with Gasteiger partial charge in [0.05, 0.1) is 18.3 Å². The van der Waals surface area contributed by atoms with E-state index < -0.39 is 11.7 Å². The first-order valence-electron chi connectivity index (χ1n) is 4.85. The predicted octanol–water partition coefficient (Wildman–Crippen LogP) is 3.31. The number of hydrogen-bond donors (Lipinski definition) is 1. The molecule has 0 aliphatic rings. The van der Waals surface area contributed by atoms with Crippen LogP contribution < -0.4 is 5.32 Å². The van der Waals surface area contributed by atoms with Crippen LogP contribution in [-0.2, 0) is 12.7 Å². The molecule has 0 unspecified atom stereocenters. The molecule has 17 heavy (non-hydrogen) atoms. The van der Waals surface area contributed by atoms with Crippen molar-refractivity contribution in [2.45, 2.75) is 12.7 Å². The Morgan fingerprint density at radius 2 is 2.00 bits per heavy atom. The van der Waals surface area contributed by atoms with Crippen molar-refractivity contribution < 1.29 is 17.6 Å². The largest absolute Gasteiger partial charge is 0.447 e. The fourth-order valence-corrected chi connectivity index (χ4v) is 1.40. The predicted molar refractivity (Wildman–Crippen MR) is 55.3 cm³/mol. The summed E-state index contributed by atoms with van der Waals surface area (Å²) in [6, 6.07) is 5.29. The highest BCUT2D eigenvalue weighted by Gasteiger charge is 2.33. The van der Waals surface area contributed by atoms with E-state index in [0.29, 0.717) is 5.76 Å². The first-order valence-corrected chi connectivity index (χ1v) is 4.85. The molecule has 1 heterocycles. The number of oxazole rings is 1. The van der Waals surface area contributed by atoms with Crippen molar-refractivity contribution in [3.63, 3.8) is 0 Å². The zero-order chi connectivity index (χ0) is 12.3. The number of nitrogens with one attached hydrogen (secondary N) is 1. The Bertz CT molecular complexity index is 480. The van der Waals surface area contributed by atoms with E-state index >= 15 is 0 Å². The van der Waals surface area contributed by atoms with E-state index in [2.05, 4.69) is 10.3 Å². The summed E-state index contributed by atoms with van der Waals surface area (Å²) in [5.41, 5.74) is -0.670. The zero-order valence-electron chi connectivity index (χ0n) is 8.66. The van der Waals surface area contributed by atoms with E-state index in [1.807, 2.05) is 0 Å². The molecule has 1 N–H and O–H groups in total. The first kappa shape index (κ1) is 11.5. The lowest BCUT2D eigenvalue weighted by Gasteiger charge is -2.13. The van der Waals surface area contributed by atoms with Gasteiger partial charge in [-0.2, -0.15) is 13.2 Å². The van der Waals surface area contributed by atoms with Crippen LogP contribution in [0.4, 0.5) is 18.9 Å². The third-order valence-electron chi connectivity index (χ3n) is 2.17. The van der Waals surface area contributed by atoms with Gasteiger partial charge in [0.25, 0.3) is 0 Å². The molecule has 0 aliphatic heterocycles. The fraction of sp³-hybridized carbons (Fsp3) is 0.182. The number of aromatic nitrogens is 1. The van der Waals surface area contributed by atoms with E-state index in [1.165, 1.54) is 30.8 Å². The van der Waals surface area contributed by atoms with Crippen molar-refractivity contribution in [3.8, 4) is 0 Å². The highest BCUT2D eigenvalue weighted by Crippen LogP contribution is 2.34. The van der Waals surface area contributed by atoms with Crippen LogP contribution in [0.25, 0.3) is 0 Å². The maximum absolute atomic E-state index is 12.6. The summed E-state index contributed by atoms with van der Waals surface area (Å²) in [5, 5.41) is 2.67. The van der Waals surface area contributed by atoms with Crippen LogP contribution in [0.3, 0.4) is 0 Å². The van der Waals surface area contributed by atoms with Crippen molar-refractivity contribution in [1.29, 1.82) is 0 Å². The maximum Gasteiger partial charge on any atom is 0.418 e. The number of hydrogen-bond acceptors (Lipinski definition) is 3. The summed E-state index contributed by atoms with van der Waals surface area (Å²) in [4.78, 5) is 3.68. The quantitative estimate of drug-likeness (QED) is 0.897. The summed E-state index contributed by atoms with van der Waals surface area (Å²) in [5.74, 6) is 0.474. The number of rotatable bonds is 3. The zero-order valence-corrected chi connectivity index (χ0v) is 8.66. The van der Waals surface area contributed by atoms with E-state index in [0.717, 1.165) is 6.07 Å². The standard InChI is InChI=1S/C11H9F3N2O/c12-11(13,14)9-3-1-2-4-10(9)16-6-8-5-15-7-17-8/h1-5,7,16H,6H2. The second-order valence-corrected chi connectivity index (χ2v) is 3.36. The second kappa shape index (κ2) is 4.48. The van der Waals surface area contributed by atoms with Crippen molar-refractivity contribution in [1.82, 2.24) is 4.98 Å². The summed E-state index contributed by atoms with van der Waals surface area (Å²) < 4.78 is 42.8.